The summed E-state index contributed by atoms with van der Waals surface area (Å²) in [6.07, 6.45) is 0.565. The van der Waals surface area contributed by atoms with Gasteiger partial charge < -0.3 is 9.15 Å². The molecule has 1 aliphatic rings. The summed E-state index contributed by atoms with van der Waals surface area (Å²) < 4.78 is 12.0. The van der Waals surface area contributed by atoms with Crippen molar-refractivity contribution in [2.75, 3.05) is 6.73 Å². The first-order valence-corrected chi connectivity index (χ1v) is 10.7. The van der Waals surface area contributed by atoms with Gasteiger partial charge in [-0.1, -0.05) is 60.7 Å². The van der Waals surface area contributed by atoms with Crippen LogP contribution in [-0.4, -0.2) is 11.6 Å². The molecular formula is C27H25NO3. The first kappa shape index (κ1) is 19.6. The zero-order chi connectivity index (χ0) is 21.4. The molecule has 0 aliphatic carbocycles. The average Bonchev–Trinajstić information content (AvgIpc) is 2.82. The third-order valence-corrected chi connectivity index (χ3v) is 6.32. The minimum Gasteiger partial charge on any atom is -0.478 e. The van der Waals surface area contributed by atoms with Crippen molar-refractivity contribution in [3.8, 4) is 5.75 Å². The fraction of sp³-hybridized carbons (Fsp3) is 0.222. The van der Waals surface area contributed by atoms with E-state index >= 15 is 0 Å². The molecule has 1 aliphatic heterocycles. The normalized spacial score (nSPS) is 14.8. The largest absolute Gasteiger partial charge is 0.478 e. The van der Waals surface area contributed by atoms with Gasteiger partial charge in [-0.05, 0) is 42.7 Å². The first-order chi connectivity index (χ1) is 15.1. The highest BCUT2D eigenvalue weighted by Gasteiger charge is 2.26. The van der Waals surface area contributed by atoms with Gasteiger partial charge in [-0.25, -0.2) is 4.79 Å². The summed E-state index contributed by atoms with van der Waals surface area (Å²) in [5, 5.41) is 0.974. The van der Waals surface area contributed by atoms with Crippen molar-refractivity contribution in [3.05, 3.63) is 111 Å². The summed E-state index contributed by atoms with van der Waals surface area (Å²) in [5.41, 5.74) is 5.34. The predicted octanol–water partition coefficient (Wildman–Crippen LogP) is 5.61. The molecule has 0 amide bonds. The maximum atomic E-state index is 13.0. The minimum atomic E-state index is -0.268. The summed E-state index contributed by atoms with van der Waals surface area (Å²) >= 11 is 0. The number of benzene rings is 3. The van der Waals surface area contributed by atoms with Gasteiger partial charge in [0.25, 0.3) is 0 Å². The Morgan fingerprint density at radius 3 is 2.42 bits per heavy atom. The second-order valence-electron chi connectivity index (χ2n) is 8.18. The van der Waals surface area contributed by atoms with Crippen molar-refractivity contribution in [1.29, 1.82) is 0 Å². The van der Waals surface area contributed by atoms with Crippen LogP contribution in [0.3, 0.4) is 0 Å². The maximum absolute atomic E-state index is 13.0. The lowest BCUT2D eigenvalue weighted by Crippen LogP contribution is -2.34. The summed E-state index contributed by atoms with van der Waals surface area (Å²) in [7, 11) is 0. The molecule has 0 bridgehead atoms. The number of nitrogens with zero attached hydrogens (tertiary/aromatic N) is 1. The van der Waals surface area contributed by atoms with Crippen molar-refractivity contribution in [1.82, 2.24) is 4.90 Å². The number of hydrogen-bond acceptors (Lipinski definition) is 4. The first-order valence-electron chi connectivity index (χ1n) is 10.7. The van der Waals surface area contributed by atoms with Crippen molar-refractivity contribution in [2.45, 2.75) is 32.9 Å². The molecule has 4 aromatic rings. The fourth-order valence-corrected chi connectivity index (χ4v) is 4.37. The van der Waals surface area contributed by atoms with Gasteiger partial charge >= 0.3 is 5.63 Å². The number of aryl methyl sites for hydroxylation is 1. The van der Waals surface area contributed by atoms with Crippen molar-refractivity contribution in [3.63, 3.8) is 0 Å². The molecule has 0 spiro atoms. The molecule has 0 saturated carbocycles. The molecule has 1 aromatic heterocycles. The van der Waals surface area contributed by atoms with E-state index in [2.05, 4.69) is 36.1 Å². The zero-order valence-electron chi connectivity index (χ0n) is 17.8. The SMILES string of the molecule is Cc1c(Cc2ccccc2)c(=O)oc2c3c(ccc12)OCN([C@@H](C)c1ccccc1)C3. The summed E-state index contributed by atoms with van der Waals surface area (Å²) in [6, 6.07) is 24.6. The standard InChI is InChI=1S/C27H25NO3/c1-18-22-13-14-25-24(16-28(17-30-25)19(2)21-11-7-4-8-12-21)26(22)31-27(29)23(18)15-20-9-5-3-6-10-20/h3-14,19H,15-17H2,1-2H3/t19-/m0/s1. The molecule has 2 heterocycles. The summed E-state index contributed by atoms with van der Waals surface area (Å²) in [4.78, 5) is 15.2. The van der Waals surface area contributed by atoms with E-state index in [4.69, 9.17) is 9.15 Å². The van der Waals surface area contributed by atoms with Crippen LogP contribution in [0, 0.1) is 6.92 Å². The molecule has 1 atom stereocenters. The Labute approximate surface area is 181 Å². The van der Waals surface area contributed by atoms with Crippen LogP contribution in [0.4, 0.5) is 0 Å². The summed E-state index contributed by atoms with van der Waals surface area (Å²) in [5.74, 6) is 0.794. The van der Waals surface area contributed by atoms with Gasteiger partial charge in [0.2, 0.25) is 0 Å². The lowest BCUT2D eigenvalue weighted by molar-refractivity contribution is 0.0620. The van der Waals surface area contributed by atoms with E-state index in [-0.39, 0.29) is 11.7 Å². The van der Waals surface area contributed by atoms with Crippen LogP contribution in [0.5, 0.6) is 5.75 Å². The molecule has 3 aromatic carbocycles. The van der Waals surface area contributed by atoms with Crippen LogP contribution in [0.15, 0.2) is 82.0 Å². The van der Waals surface area contributed by atoms with E-state index in [0.717, 1.165) is 27.8 Å². The molecule has 0 fully saturated rings. The van der Waals surface area contributed by atoms with E-state index < -0.39 is 0 Å². The van der Waals surface area contributed by atoms with E-state index in [9.17, 15) is 4.79 Å². The van der Waals surface area contributed by atoms with Gasteiger partial charge in [-0.3, -0.25) is 4.90 Å². The Balaban J connectivity index is 1.54. The molecule has 5 rings (SSSR count). The van der Waals surface area contributed by atoms with Crippen LogP contribution < -0.4 is 10.4 Å². The van der Waals surface area contributed by atoms with Crippen LogP contribution in [0.1, 0.15) is 40.8 Å². The van der Waals surface area contributed by atoms with Gasteiger partial charge in [-0.15, -0.1) is 0 Å². The van der Waals surface area contributed by atoms with Crippen LogP contribution in [-0.2, 0) is 13.0 Å². The fourth-order valence-electron chi connectivity index (χ4n) is 4.37. The number of ether oxygens (including phenoxy) is 1. The molecule has 0 N–H and O–H groups in total. The Morgan fingerprint density at radius 1 is 0.968 bits per heavy atom. The quantitative estimate of drug-likeness (QED) is 0.410. The van der Waals surface area contributed by atoms with Crippen molar-refractivity contribution < 1.29 is 9.15 Å². The Morgan fingerprint density at radius 2 is 1.68 bits per heavy atom. The third kappa shape index (κ3) is 3.64. The maximum Gasteiger partial charge on any atom is 0.340 e. The lowest BCUT2D eigenvalue weighted by Gasteiger charge is -2.34. The molecule has 156 valence electrons. The Bertz CT molecular complexity index is 1280. The Hall–Kier alpha value is -3.37. The number of rotatable bonds is 4. The topological polar surface area (TPSA) is 42.7 Å². The lowest BCUT2D eigenvalue weighted by atomic mass is 9.97. The van der Waals surface area contributed by atoms with Gasteiger partial charge in [0.05, 0.1) is 5.56 Å². The number of hydrogen-bond donors (Lipinski definition) is 0. The van der Waals surface area contributed by atoms with E-state index in [1.54, 1.807) is 0 Å². The van der Waals surface area contributed by atoms with Gasteiger partial charge in [0.15, 0.2) is 0 Å². The van der Waals surface area contributed by atoms with Gasteiger partial charge in [0.1, 0.15) is 18.1 Å². The van der Waals surface area contributed by atoms with Crippen LogP contribution in [0.25, 0.3) is 11.0 Å². The highest BCUT2D eigenvalue weighted by atomic mass is 16.5. The third-order valence-electron chi connectivity index (χ3n) is 6.32. The molecule has 0 unspecified atom stereocenters. The zero-order valence-corrected chi connectivity index (χ0v) is 17.8. The van der Waals surface area contributed by atoms with Gasteiger partial charge in [0, 0.05) is 30.0 Å². The van der Waals surface area contributed by atoms with E-state index in [0.29, 0.717) is 30.8 Å². The van der Waals surface area contributed by atoms with Crippen LogP contribution >= 0.6 is 0 Å². The van der Waals surface area contributed by atoms with E-state index in [1.807, 2.05) is 55.5 Å². The average molecular weight is 412 g/mol. The monoisotopic (exact) mass is 411 g/mol. The number of fused-ring (bicyclic) bond motifs is 3. The summed E-state index contributed by atoms with van der Waals surface area (Å²) in [6.45, 7) is 5.36. The molecule has 4 heteroatoms. The van der Waals surface area contributed by atoms with Gasteiger partial charge in [-0.2, -0.15) is 0 Å². The molecule has 0 saturated heterocycles. The molecular weight excluding hydrogens is 386 g/mol. The van der Waals surface area contributed by atoms with Crippen LogP contribution in [0.2, 0.25) is 0 Å². The second kappa shape index (κ2) is 8.05. The highest BCUT2D eigenvalue weighted by molar-refractivity contribution is 5.86. The molecule has 0 radical (unpaired) electrons. The van der Waals surface area contributed by atoms with E-state index in [1.165, 1.54) is 5.56 Å². The molecule has 4 nitrogen and oxygen atoms in total. The highest BCUT2D eigenvalue weighted by Crippen LogP contribution is 2.36. The Kier molecular flexibility index (Phi) is 5.08. The second-order valence-corrected chi connectivity index (χ2v) is 8.18. The molecule has 31 heavy (non-hydrogen) atoms. The minimum absolute atomic E-state index is 0.190. The predicted molar refractivity (Wildman–Crippen MR) is 122 cm³/mol. The smallest absolute Gasteiger partial charge is 0.340 e. The van der Waals surface area contributed by atoms with Crippen molar-refractivity contribution >= 4 is 11.0 Å². The van der Waals surface area contributed by atoms with Crippen molar-refractivity contribution in [2.24, 2.45) is 0 Å².